The van der Waals surface area contributed by atoms with Crippen molar-refractivity contribution < 1.29 is 14.3 Å². The fraction of sp³-hybridized carbons (Fsp3) is 0.333. The zero-order chi connectivity index (χ0) is 18.4. The maximum Gasteiger partial charge on any atom is 0.328 e. The van der Waals surface area contributed by atoms with Crippen LogP contribution in [0.1, 0.15) is 11.1 Å². The molecular weight excluding hydrogens is 328 g/mol. The molecule has 2 aromatic rings. The Morgan fingerprint density at radius 3 is 2.35 bits per heavy atom. The highest BCUT2D eigenvalue weighted by Gasteiger charge is 2.36. The first-order chi connectivity index (χ1) is 12.7. The molecule has 1 N–H and O–H groups in total. The average molecular weight is 352 g/mol. The van der Waals surface area contributed by atoms with E-state index in [1.807, 2.05) is 60.7 Å². The second-order valence-electron chi connectivity index (χ2n) is 6.46. The number of benzene rings is 2. The number of hydrogen-bond acceptors (Lipinski definition) is 4. The van der Waals surface area contributed by atoms with Crippen molar-refractivity contribution in [1.29, 1.82) is 0 Å². The van der Waals surface area contributed by atoms with Crippen LogP contribution in [0.2, 0.25) is 0 Å². The highest BCUT2D eigenvalue weighted by Crippen LogP contribution is 2.16. The molecule has 0 bridgehead atoms. The molecule has 2 aromatic carbocycles. The van der Waals surface area contributed by atoms with Gasteiger partial charge in [0.1, 0.15) is 6.04 Å². The SMILES string of the molecule is COC(=O)C(Cc1ccccc1)N1CCNC(Cc2ccccc2)C1=O. The predicted octanol–water partition coefficient (Wildman–Crippen LogP) is 1.81. The van der Waals surface area contributed by atoms with Gasteiger partial charge in [-0.25, -0.2) is 4.79 Å². The number of hydrogen-bond donors (Lipinski definition) is 1. The lowest BCUT2D eigenvalue weighted by molar-refractivity contribution is -0.154. The predicted molar refractivity (Wildman–Crippen MR) is 99.6 cm³/mol. The fourth-order valence-corrected chi connectivity index (χ4v) is 3.37. The number of amides is 1. The molecule has 26 heavy (non-hydrogen) atoms. The van der Waals surface area contributed by atoms with Crippen molar-refractivity contribution in [2.45, 2.75) is 24.9 Å². The average Bonchev–Trinajstić information content (AvgIpc) is 2.69. The zero-order valence-electron chi connectivity index (χ0n) is 14.9. The van der Waals surface area contributed by atoms with Gasteiger partial charge >= 0.3 is 5.97 Å². The first-order valence-corrected chi connectivity index (χ1v) is 8.88. The number of nitrogens with one attached hydrogen (secondary N) is 1. The highest BCUT2D eigenvalue weighted by molar-refractivity contribution is 5.88. The molecular formula is C21H24N2O3. The monoisotopic (exact) mass is 352 g/mol. The van der Waals surface area contributed by atoms with Crippen molar-refractivity contribution in [2.75, 3.05) is 20.2 Å². The molecule has 2 atom stereocenters. The van der Waals surface area contributed by atoms with Crippen LogP contribution in [0.25, 0.3) is 0 Å². The number of nitrogens with zero attached hydrogens (tertiary/aromatic N) is 1. The topological polar surface area (TPSA) is 58.6 Å². The van der Waals surface area contributed by atoms with E-state index in [9.17, 15) is 9.59 Å². The second-order valence-corrected chi connectivity index (χ2v) is 6.46. The number of carbonyl (C=O) groups excluding carboxylic acids is 2. The third-order valence-electron chi connectivity index (χ3n) is 4.73. The van der Waals surface area contributed by atoms with Gasteiger partial charge in [-0.05, 0) is 17.5 Å². The minimum absolute atomic E-state index is 0.0496. The minimum Gasteiger partial charge on any atom is -0.467 e. The molecule has 0 radical (unpaired) electrons. The Morgan fingerprint density at radius 1 is 1.12 bits per heavy atom. The molecule has 3 rings (SSSR count). The van der Waals surface area contributed by atoms with Gasteiger partial charge in [-0.3, -0.25) is 4.79 Å². The summed E-state index contributed by atoms with van der Waals surface area (Å²) in [6.07, 6.45) is 1.06. The third-order valence-corrected chi connectivity index (χ3v) is 4.73. The van der Waals surface area contributed by atoms with Crippen LogP contribution in [0.15, 0.2) is 60.7 Å². The van der Waals surface area contributed by atoms with E-state index in [0.29, 0.717) is 25.9 Å². The van der Waals surface area contributed by atoms with Crippen molar-refractivity contribution in [3.8, 4) is 0 Å². The van der Waals surface area contributed by atoms with Crippen LogP contribution in [0.4, 0.5) is 0 Å². The summed E-state index contributed by atoms with van der Waals surface area (Å²) in [4.78, 5) is 27.1. The highest BCUT2D eigenvalue weighted by atomic mass is 16.5. The van der Waals surface area contributed by atoms with E-state index in [-0.39, 0.29) is 17.9 Å². The van der Waals surface area contributed by atoms with Crippen LogP contribution < -0.4 is 5.32 Å². The molecule has 0 saturated carbocycles. The summed E-state index contributed by atoms with van der Waals surface area (Å²) in [6.45, 7) is 1.16. The Hall–Kier alpha value is -2.66. The van der Waals surface area contributed by atoms with E-state index in [2.05, 4.69) is 5.32 Å². The summed E-state index contributed by atoms with van der Waals surface area (Å²) in [5.41, 5.74) is 2.10. The van der Waals surface area contributed by atoms with Gasteiger partial charge in [0, 0.05) is 19.5 Å². The van der Waals surface area contributed by atoms with Crippen molar-refractivity contribution in [3.63, 3.8) is 0 Å². The van der Waals surface area contributed by atoms with Gasteiger partial charge in [-0.2, -0.15) is 0 Å². The lowest BCUT2D eigenvalue weighted by atomic mass is 9.99. The summed E-state index contributed by atoms with van der Waals surface area (Å²) >= 11 is 0. The third kappa shape index (κ3) is 4.29. The van der Waals surface area contributed by atoms with Crippen LogP contribution >= 0.6 is 0 Å². The molecule has 1 saturated heterocycles. The molecule has 5 nitrogen and oxygen atoms in total. The standard InChI is InChI=1S/C21H24N2O3/c1-26-21(25)19(15-17-10-6-3-7-11-17)23-13-12-22-18(20(23)24)14-16-8-4-2-5-9-16/h2-11,18-19,22H,12-15H2,1H3. The second kappa shape index (κ2) is 8.63. The van der Waals surface area contributed by atoms with E-state index in [4.69, 9.17) is 4.74 Å². The van der Waals surface area contributed by atoms with Gasteiger partial charge in [0.2, 0.25) is 5.91 Å². The maximum atomic E-state index is 13.0. The molecule has 136 valence electrons. The lowest BCUT2D eigenvalue weighted by Crippen LogP contribution is -2.60. The molecule has 1 aliphatic heterocycles. The molecule has 0 aliphatic carbocycles. The van der Waals surface area contributed by atoms with E-state index in [1.165, 1.54) is 7.11 Å². The number of carbonyl (C=O) groups is 2. The van der Waals surface area contributed by atoms with Gasteiger partial charge in [-0.15, -0.1) is 0 Å². The number of ether oxygens (including phenoxy) is 1. The van der Waals surface area contributed by atoms with Crippen molar-refractivity contribution in [1.82, 2.24) is 10.2 Å². The van der Waals surface area contributed by atoms with Gasteiger partial charge in [0.25, 0.3) is 0 Å². The summed E-state index contributed by atoms with van der Waals surface area (Å²) < 4.78 is 4.99. The normalized spacial score (nSPS) is 18.4. The van der Waals surface area contributed by atoms with Crippen molar-refractivity contribution >= 4 is 11.9 Å². The van der Waals surface area contributed by atoms with Gasteiger partial charge in [0.15, 0.2) is 0 Å². The molecule has 0 spiro atoms. The number of rotatable bonds is 6. The van der Waals surface area contributed by atoms with E-state index >= 15 is 0 Å². The molecule has 1 fully saturated rings. The largest absolute Gasteiger partial charge is 0.467 e. The molecule has 2 unspecified atom stereocenters. The molecule has 1 amide bonds. The first kappa shape index (κ1) is 18.1. The van der Waals surface area contributed by atoms with Crippen LogP contribution in [-0.4, -0.2) is 49.1 Å². The smallest absolute Gasteiger partial charge is 0.328 e. The van der Waals surface area contributed by atoms with Crippen LogP contribution in [0, 0.1) is 0 Å². The zero-order valence-corrected chi connectivity index (χ0v) is 14.9. The molecule has 5 heteroatoms. The Labute approximate surface area is 154 Å². The van der Waals surface area contributed by atoms with Crippen LogP contribution in [0.5, 0.6) is 0 Å². The van der Waals surface area contributed by atoms with E-state index in [1.54, 1.807) is 4.90 Å². The number of esters is 1. The van der Waals surface area contributed by atoms with Gasteiger partial charge in [0.05, 0.1) is 13.2 Å². The Balaban J connectivity index is 1.77. The van der Waals surface area contributed by atoms with E-state index < -0.39 is 6.04 Å². The maximum absolute atomic E-state index is 13.0. The number of methoxy groups -OCH3 is 1. The summed E-state index contributed by atoms with van der Waals surface area (Å²) in [5.74, 6) is -0.422. The first-order valence-electron chi connectivity index (χ1n) is 8.88. The van der Waals surface area contributed by atoms with Crippen LogP contribution in [-0.2, 0) is 27.2 Å². The Morgan fingerprint density at radius 2 is 1.73 bits per heavy atom. The van der Waals surface area contributed by atoms with E-state index in [0.717, 1.165) is 11.1 Å². The molecule has 0 aromatic heterocycles. The van der Waals surface area contributed by atoms with Crippen molar-refractivity contribution in [3.05, 3.63) is 71.8 Å². The molecule has 1 heterocycles. The fourth-order valence-electron chi connectivity index (χ4n) is 3.37. The lowest BCUT2D eigenvalue weighted by Gasteiger charge is -2.37. The summed E-state index contributed by atoms with van der Waals surface area (Å²) in [6, 6.07) is 18.7. The molecule has 1 aliphatic rings. The Bertz CT molecular complexity index is 733. The minimum atomic E-state index is -0.602. The Kier molecular flexibility index (Phi) is 6.02. The van der Waals surface area contributed by atoms with Gasteiger partial charge < -0.3 is 15.0 Å². The summed E-state index contributed by atoms with van der Waals surface area (Å²) in [7, 11) is 1.37. The number of piperazine rings is 1. The van der Waals surface area contributed by atoms with Crippen molar-refractivity contribution in [2.24, 2.45) is 0 Å². The van der Waals surface area contributed by atoms with Gasteiger partial charge in [-0.1, -0.05) is 60.7 Å². The van der Waals surface area contributed by atoms with Crippen LogP contribution in [0.3, 0.4) is 0 Å². The summed E-state index contributed by atoms with van der Waals surface area (Å²) in [5, 5.41) is 3.28. The quantitative estimate of drug-likeness (QED) is 0.806.